The monoisotopic (exact) mass is 180 g/mol. The number of fused-ring (bicyclic) bond motifs is 1. The molecule has 0 saturated heterocycles. The van der Waals surface area contributed by atoms with E-state index < -0.39 is 0 Å². The first kappa shape index (κ1) is 8.48. The Morgan fingerprint density at radius 1 is 1.69 bits per heavy atom. The summed E-state index contributed by atoms with van der Waals surface area (Å²) in [5.74, 6) is 0.907. The Morgan fingerprint density at radius 3 is 3.08 bits per heavy atom. The number of ether oxygens (including phenoxy) is 1. The van der Waals surface area contributed by atoms with Crippen LogP contribution >= 0.6 is 0 Å². The van der Waals surface area contributed by atoms with Crippen LogP contribution in [0.1, 0.15) is 13.3 Å². The quantitative estimate of drug-likeness (QED) is 0.594. The smallest absolute Gasteiger partial charge is 0.302 e. The SMILES string of the molecule is CC(=O)OC[C@@H]1C[C@@H]2C(=O)C=C[C@H]12. The maximum atomic E-state index is 11.1. The van der Waals surface area contributed by atoms with Gasteiger partial charge in [-0.25, -0.2) is 0 Å². The molecular formula is C10H12O3. The molecule has 13 heavy (non-hydrogen) atoms. The van der Waals surface area contributed by atoms with Gasteiger partial charge >= 0.3 is 5.97 Å². The Balaban J connectivity index is 1.84. The third-order valence-corrected chi connectivity index (χ3v) is 2.91. The van der Waals surface area contributed by atoms with Gasteiger partial charge in [0.15, 0.2) is 5.78 Å². The van der Waals surface area contributed by atoms with E-state index in [1.165, 1.54) is 6.92 Å². The van der Waals surface area contributed by atoms with E-state index in [-0.39, 0.29) is 17.7 Å². The summed E-state index contributed by atoms with van der Waals surface area (Å²) in [5.41, 5.74) is 0. The number of carbonyl (C=O) groups is 2. The Labute approximate surface area is 76.8 Å². The summed E-state index contributed by atoms with van der Waals surface area (Å²) in [6.07, 6.45) is 4.48. The van der Waals surface area contributed by atoms with Gasteiger partial charge in [0.25, 0.3) is 0 Å². The van der Waals surface area contributed by atoms with Gasteiger partial charge in [-0.1, -0.05) is 6.08 Å². The van der Waals surface area contributed by atoms with Crippen molar-refractivity contribution in [3.63, 3.8) is 0 Å². The van der Waals surface area contributed by atoms with Gasteiger partial charge < -0.3 is 4.74 Å². The second kappa shape index (κ2) is 2.98. The van der Waals surface area contributed by atoms with E-state index in [4.69, 9.17) is 4.74 Å². The van der Waals surface area contributed by atoms with Crippen LogP contribution in [0.4, 0.5) is 0 Å². The molecule has 0 aliphatic heterocycles. The molecule has 0 spiro atoms. The van der Waals surface area contributed by atoms with E-state index in [2.05, 4.69) is 0 Å². The molecule has 1 fully saturated rings. The van der Waals surface area contributed by atoms with Crippen molar-refractivity contribution in [2.45, 2.75) is 13.3 Å². The van der Waals surface area contributed by atoms with Gasteiger partial charge in [-0.15, -0.1) is 0 Å². The summed E-state index contributed by atoms with van der Waals surface area (Å²) in [6.45, 7) is 1.87. The van der Waals surface area contributed by atoms with E-state index in [1.807, 2.05) is 6.08 Å². The van der Waals surface area contributed by atoms with Crippen LogP contribution in [0.5, 0.6) is 0 Å². The summed E-state index contributed by atoms with van der Waals surface area (Å²) in [4.78, 5) is 21.7. The maximum Gasteiger partial charge on any atom is 0.302 e. The highest BCUT2D eigenvalue weighted by Crippen LogP contribution is 2.45. The van der Waals surface area contributed by atoms with Crippen molar-refractivity contribution in [3.05, 3.63) is 12.2 Å². The minimum atomic E-state index is -0.239. The normalized spacial score (nSPS) is 35.5. The number of esters is 1. The minimum Gasteiger partial charge on any atom is -0.466 e. The molecule has 1 saturated carbocycles. The molecule has 3 heteroatoms. The first-order chi connectivity index (χ1) is 6.18. The molecule has 2 aliphatic carbocycles. The van der Waals surface area contributed by atoms with E-state index in [0.717, 1.165) is 6.42 Å². The van der Waals surface area contributed by atoms with Gasteiger partial charge in [0, 0.05) is 18.8 Å². The summed E-state index contributed by atoms with van der Waals surface area (Å²) >= 11 is 0. The molecule has 0 bridgehead atoms. The standard InChI is InChI=1S/C10H12O3/c1-6(11)13-5-7-4-9-8(7)2-3-10(9)12/h2-3,7-9H,4-5H2,1H3/t7-,8+,9-/m0/s1. The number of allylic oxidation sites excluding steroid dienone is 2. The van der Waals surface area contributed by atoms with Gasteiger partial charge in [0.05, 0.1) is 6.61 Å². The van der Waals surface area contributed by atoms with Crippen molar-refractivity contribution in [2.24, 2.45) is 17.8 Å². The number of carbonyl (C=O) groups excluding carboxylic acids is 2. The van der Waals surface area contributed by atoms with Crippen LogP contribution in [0.3, 0.4) is 0 Å². The third kappa shape index (κ3) is 1.39. The topological polar surface area (TPSA) is 43.4 Å². The van der Waals surface area contributed by atoms with Gasteiger partial charge in [-0.2, -0.15) is 0 Å². The maximum absolute atomic E-state index is 11.1. The predicted molar refractivity (Wildman–Crippen MR) is 45.9 cm³/mol. The summed E-state index contributed by atoms with van der Waals surface area (Å²) in [6, 6.07) is 0. The molecule has 0 unspecified atom stereocenters. The molecule has 0 aromatic heterocycles. The van der Waals surface area contributed by atoms with Gasteiger partial charge in [-0.3, -0.25) is 9.59 Å². The molecule has 0 heterocycles. The average molecular weight is 180 g/mol. The fourth-order valence-corrected chi connectivity index (χ4v) is 2.10. The van der Waals surface area contributed by atoms with Gasteiger partial charge in [0.1, 0.15) is 0 Å². The van der Waals surface area contributed by atoms with Crippen LogP contribution in [0.2, 0.25) is 0 Å². The first-order valence-electron chi connectivity index (χ1n) is 4.54. The summed E-state index contributed by atoms with van der Waals surface area (Å²) in [7, 11) is 0. The average Bonchev–Trinajstić information content (AvgIpc) is 2.27. The molecule has 3 nitrogen and oxygen atoms in total. The van der Waals surface area contributed by atoms with E-state index in [9.17, 15) is 9.59 Å². The Hall–Kier alpha value is -1.12. The van der Waals surface area contributed by atoms with Crippen molar-refractivity contribution in [1.82, 2.24) is 0 Å². The zero-order chi connectivity index (χ0) is 9.42. The second-order valence-corrected chi connectivity index (χ2v) is 3.74. The predicted octanol–water partition coefficient (Wildman–Crippen LogP) is 0.941. The molecule has 70 valence electrons. The lowest BCUT2D eigenvalue weighted by Crippen LogP contribution is -2.39. The molecule has 2 aliphatic rings. The molecule has 0 aromatic carbocycles. The van der Waals surface area contributed by atoms with Crippen molar-refractivity contribution in [1.29, 1.82) is 0 Å². The van der Waals surface area contributed by atoms with Crippen LogP contribution in [0.25, 0.3) is 0 Å². The molecule has 3 atom stereocenters. The lowest BCUT2D eigenvalue weighted by molar-refractivity contribution is -0.145. The third-order valence-electron chi connectivity index (χ3n) is 2.91. The van der Waals surface area contributed by atoms with Crippen molar-refractivity contribution < 1.29 is 14.3 Å². The van der Waals surface area contributed by atoms with Crippen LogP contribution in [-0.2, 0) is 14.3 Å². The van der Waals surface area contributed by atoms with Crippen LogP contribution in [-0.4, -0.2) is 18.4 Å². The number of hydrogen-bond donors (Lipinski definition) is 0. The lowest BCUT2D eigenvalue weighted by atomic mass is 9.66. The van der Waals surface area contributed by atoms with Crippen LogP contribution < -0.4 is 0 Å². The molecule has 0 radical (unpaired) electrons. The van der Waals surface area contributed by atoms with E-state index in [1.54, 1.807) is 6.08 Å². The summed E-state index contributed by atoms with van der Waals surface area (Å²) < 4.78 is 4.91. The van der Waals surface area contributed by atoms with Gasteiger partial charge in [0.2, 0.25) is 0 Å². The Bertz CT molecular complexity index is 280. The first-order valence-corrected chi connectivity index (χ1v) is 4.54. The van der Waals surface area contributed by atoms with Gasteiger partial charge in [-0.05, 0) is 18.4 Å². The fourth-order valence-electron chi connectivity index (χ4n) is 2.10. The highest BCUT2D eigenvalue weighted by molar-refractivity contribution is 5.95. The largest absolute Gasteiger partial charge is 0.466 e. The highest BCUT2D eigenvalue weighted by Gasteiger charge is 2.46. The molecular weight excluding hydrogens is 168 g/mol. The molecule has 2 rings (SSSR count). The fraction of sp³-hybridized carbons (Fsp3) is 0.600. The number of hydrogen-bond acceptors (Lipinski definition) is 3. The van der Waals surface area contributed by atoms with Crippen molar-refractivity contribution >= 4 is 11.8 Å². The molecule has 0 amide bonds. The Morgan fingerprint density at radius 2 is 2.46 bits per heavy atom. The van der Waals surface area contributed by atoms with Crippen molar-refractivity contribution in [3.8, 4) is 0 Å². The number of rotatable bonds is 2. The second-order valence-electron chi connectivity index (χ2n) is 3.74. The highest BCUT2D eigenvalue weighted by atomic mass is 16.5. The van der Waals surface area contributed by atoms with Crippen molar-refractivity contribution in [2.75, 3.05) is 6.61 Å². The lowest BCUT2D eigenvalue weighted by Gasteiger charge is -2.38. The van der Waals surface area contributed by atoms with E-state index >= 15 is 0 Å². The molecule has 0 N–H and O–H groups in total. The van der Waals surface area contributed by atoms with Crippen LogP contribution in [0, 0.1) is 17.8 Å². The van der Waals surface area contributed by atoms with Crippen LogP contribution in [0.15, 0.2) is 12.2 Å². The molecule has 0 aromatic rings. The summed E-state index contributed by atoms with van der Waals surface area (Å²) in [5, 5.41) is 0. The minimum absolute atomic E-state index is 0.195. The number of ketones is 1. The Kier molecular flexibility index (Phi) is 1.94. The zero-order valence-corrected chi connectivity index (χ0v) is 7.53. The zero-order valence-electron chi connectivity index (χ0n) is 7.53. The van der Waals surface area contributed by atoms with E-state index in [0.29, 0.717) is 18.4 Å².